The van der Waals surface area contributed by atoms with Crippen molar-refractivity contribution in [2.75, 3.05) is 6.54 Å². The van der Waals surface area contributed by atoms with Gasteiger partial charge in [0.1, 0.15) is 6.04 Å². The topological polar surface area (TPSA) is 57.6 Å². The zero-order chi connectivity index (χ0) is 16.3. The van der Waals surface area contributed by atoms with Crippen molar-refractivity contribution in [3.63, 3.8) is 0 Å². The van der Waals surface area contributed by atoms with Crippen LogP contribution in [-0.2, 0) is 16.0 Å². The summed E-state index contributed by atoms with van der Waals surface area (Å²) in [6.07, 6.45) is 3.59. The fraction of sp³-hybridized carbons (Fsp3) is 0.647. The number of carboxylic acid groups (broad SMARTS) is 1. The van der Waals surface area contributed by atoms with Crippen LogP contribution in [0.4, 0.5) is 0 Å². The van der Waals surface area contributed by atoms with E-state index in [1.807, 2.05) is 0 Å². The zero-order valence-corrected chi connectivity index (χ0v) is 14.4. The SMILES string of the molecule is Cc1cc(CCCC(=O)N2CCC(C)CC2C(=O)O)c(C)s1. The zero-order valence-electron chi connectivity index (χ0n) is 13.6. The van der Waals surface area contributed by atoms with E-state index in [1.54, 1.807) is 16.2 Å². The summed E-state index contributed by atoms with van der Waals surface area (Å²) in [7, 11) is 0. The molecule has 5 heteroatoms. The van der Waals surface area contributed by atoms with Gasteiger partial charge in [0, 0.05) is 22.7 Å². The molecule has 1 aromatic rings. The summed E-state index contributed by atoms with van der Waals surface area (Å²) in [6.45, 7) is 6.84. The van der Waals surface area contributed by atoms with Gasteiger partial charge in [-0.1, -0.05) is 6.92 Å². The standard InChI is InChI=1S/C17H25NO3S/c1-11-7-8-18(15(9-11)17(20)21)16(19)6-4-5-14-10-12(2)22-13(14)3/h10-11,15H,4-9H2,1-3H3,(H,20,21). The lowest BCUT2D eigenvalue weighted by Gasteiger charge is -2.36. The lowest BCUT2D eigenvalue weighted by molar-refractivity contribution is -0.153. The Morgan fingerprint density at radius 3 is 2.73 bits per heavy atom. The molecular formula is C17H25NO3S. The molecular weight excluding hydrogens is 298 g/mol. The maximum absolute atomic E-state index is 12.4. The van der Waals surface area contributed by atoms with Crippen molar-refractivity contribution in [1.29, 1.82) is 0 Å². The molecule has 122 valence electrons. The number of nitrogens with zero attached hydrogens (tertiary/aromatic N) is 1. The van der Waals surface area contributed by atoms with E-state index in [0.717, 1.165) is 19.3 Å². The van der Waals surface area contributed by atoms with Crippen molar-refractivity contribution in [2.24, 2.45) is 5.92 Å². The summed E-state index contributed by atoms with van der Waals surface area (Å²) >= 11 is 1.79. The van der Waals surface area contributed by atoms with Crippen molar-refractivity contribution < 1.29 is 14.7 Å². The first-order valence-corrected chi connectivity index (χ1v) is 8.78. The van der Waals surface area contributed by atoms with Crippen LogP contribution >= 0.6 is 11.3 Å². The molecule has 1 aliphatic rings. The van der Waals surface area contributed by atoms with Crippen molar-refractivity contribution in [1.82, 2.24) is 4.90 Å². The van der Waals surface area contributed by atoms with Crippen molar-refractivity contribution in [2.45, 2.75) is 58.9 Å². The van der Waals surface area contributed by atoms with E-state index in [2.05, 4.69) is 26.8 Å². The molecule has 0 aromatic carbocycles. The minimum atomic E-state index is -0.871. The second-order valence-electron chi connectivity index (χ2n) is 6.36. The fourth-order valence-electron chi connectivity index (χ4n) is 3.18. The van der Waals surface area contributed by atoms with Crippen molar-refractivity contribution in [3.05, 3.63) is 21.4 Å². The molecule has 2 rings (SSSR count). The summed E-state index contributed by atoms with van der Waals surface area (Å²) in [5.74, 6) is -0.505. The Hall–Kier alpha value is -1.36. The minimum Gasteiger partial charge on any atom is -0.480 e. The molecule has 0 bridgehead atoms. The molecule has 1 aromatic heterocycles. The van der Waals surface area contributed by atoms with Crippen LogP contribution in [0.2, 0.25) is 0 Å². The number of carbonyl (C=O) groups excluding carboxylic acids is 1. The van der Waals surface area contributed by atoms with Crippen LogP contribution in [0.25, 0.3) is 0 Å². The Kier molecular flexibility index (Phi) is 5.62. The Morgan fingerprint density at radius 2 is 2.14 bits per heavy atom. The lowest BCUT2D eigenvalue weighted by atomic mass is 9.92. The largest absolute Gasteiger partial charge is 0.480 e. The van der Waals surface area contributed by atoms with E-state index < -0.39 is 12.0 Å². The van der Waals surface area contributed by atoms with Gasteiger partial charge in [0.05, 0.1) is 0 Å². The highest BCUT2D eigenvalue weighted by Gasteiger charge is 2.34. The van der Waals surface area contributed by atoms with Gasteiger partial charge in [-0.2, -0.15) is 0 Å². The van der Waals surface area contributed by atoms with E-state index in [1.165, 1.54) is 15.3 Å². The molecule has 1 aliphatic heterocycles. The maximum atomic E-state index is 12.4. The molecule has 4 nitrogen and oxygen atoms in total. The number of carboxylic acids is 1. The minimum absolute atomic E-state index is 0.0103. The van der Waals surface area contributed by atoms with Gasteiger partial charge >= 0.3 is 5.97 Å². The molecule has 2 heterocycles. The van der Waals surface area contributed by atoms with Crippen LogP contribution in [0.15, 0.2) is 6.07 Å². The Balaban J connectivity index is 1.88. The third-order valence-corrected chi connectivity index (χ3v) is 5.46. The number of likely N-dealkylation sites (tertiary alicyclic amines) is 1. The van der Waals surface area contributed by atoms with Gasteiger partial charge in [-0.15, -0.1) is 11.3 Å². The van der Waals surface area contributed by atoms with Gasteiger partial charge in [-0.25, -0.2) is 4.79 Å². The van der Waals surface area contributed by atoms with Gasteiger partial charge in [-0.3, -0.25) is 4.79 Å². The Morgan fingerprint density at radius 1 is 1.41 bits per heavy atom. The van der Waals surface area contributed by atoms with Crippen LogP contribution in [-0.4, -0.2) is 34.5 Å². The molecule has 2 unspecified atom stereocenters. The predicted octanol–water partition coefficient (Wildman–Crippen LogP) is 3.40. The molecule has 0 aliphatic carbocycles. The number of hydrogen-bond donors (Lipinski definition) is 1. The van der Waals surface area contributed by atoms with E-state index in [0.29, 0.717) is 25.3 Å². The quantitative estimate of drug-likeness (QED) is 0.903. The van der Waals surface area contributed by atoms with Crippen LogP contribution in [0.3, 0.4) is 0 Å². The number of carbonyl (C=O) groups is 2. The summed E-state index contributed by atoms with van der Waals surface area (Å²) < 4.78 is 0. The number of aryl methyl sites for hydroxylation is 3. The Labute approximate surface area is 136 Å². The average molecular weight is 323 g/mol. The van der Waals surface area contributed by atoms with Crippen LogP contribution in [0, 0.1) is 19.8 Å². The lowest BCUT2D eigenvalue weighted by Crippen LogP contribution is -2.49. The molecule has 1 N–H and O–H groups in total. The molecule has 1 saturated heterocycles. The summed E-state index contributed by atoms with van der Waals surface area (Å²) in [5.41, 5.74) is 1.32. The van der Waals surface area contributed by atoms with Crippen molar-refractivity contribution in [3.8, 4) is 0 Å². The second kappa shape index (κ2) is 7.27. The first kappa shape index (κ1) is 17.0. The molecule has 1 fully saturated rings. The van der Waals surface area contributed by atoms with Crippen LogP contribution in [0.1, 0.15) is 47.9 Å². The highest BCUT2D eigenvalue weighted by atomic mass is 32.1. The molecule has 0 saturated carbocycles. The monoisotopic (exact) mass is 323 g/mol. The highest BCUT2D eigenvalue weighted by Crippen LogP contribution is 2.25. The number of rotatable bonds is 5. The first-order chi connectivity index (χ1) is 10.4. The van der Waals surface area contributed by atoms with Gasteiger partial charge in [0.2, 0.25) is 5.91 Å². The van der Waals surface area contributed by atoms with E-state index in [-0.39, 0.29) is 5.91 Å². The van der Waals surface area contributed by atoms with Gasteiger partial charge < -0.3 is 10.0 Å². The highest BCUT2D eigenvalue weighted by molar-refractivity contribution is 7.12. The second-order valence-corrected chi connectivity index (χ2v) is 7.82. The van der Waals surface area contributed by atoms with E-state index in [4.69, 9.17) is 0 Å². The van der Waals surface area contributed by atoms with E-state index >= 15 is 0 Å². The summed E-state index contributed by atoms with van der Waals surface area (Å²) in [4.78, 5) is 27.9. The third kappa shape index (κ3) is 4.09. The molecule has 1 amide bonds. The summed E-state index contributed by atoms with van der Waals surface area (Å²) in [5, 5.41) is 9.33. The molecule has 22 heavy (non-hydrogen) atoms. The van der Waals surface area contributed by atoms with E-state index in [9.17, 15) is 14.7 Å². The van der Waals surface area contributed by atoms with Crippen molar-refractivity contribution >= 4 is 23.2 Å². The average Bonchev–Trinajstić information content (AvgIpc) is 2.76. The first-order valence-electron chi connectivity index (χ1n) is 7.96. The number of piperidine rings is 1. The van der Waals surface area contributed by atoms with Crippen LogP contribution in [0.5, 0.6) is 0 Å². The number of hydrogen-bond acceptors (Lipinski definition) is 3. The van der Waals surface area contributed by atoms with Gasteiger partial charge in [0.15, 0.2) is 0 Å². The molecule has 0 radical (unpaired) electrons. The molecule has 2 atom stereocenters. The number of amides is 1. The number of thiophene rings is 1. The van der Waals surface area contributed by atoms with Gasteiger partial charge in [-0.05, 0) is 57.1 Å². The van der Waals surface area contributed by atoms with Gasteiger partial charge in [0.25, 0.3) is 0 Å². The third-order valence-electron chi connectivity index (χ3n) is 4.45. The fourth-order valence-corrected chi connectivity index (χ4v) is 4.16. The molecule has 0 spiro atoms. The normalized spacial score (nSPS) is 21.9. The summed E-state index contributed by atoms with van der Waals surface area (Å²) in [6, 6.07) is 1.55. The number of aliphatic carboxylic acids is 1. The smallest absolute Gasteiger partial charge is 0.326 e. The Bertz CT molecular complexity index is 552. The maximum Gasteiger partial charge on any atom is 0.326 e. The predicted molar refractivity (Wildman–Crippen MR) is 88.3 cm³/mol. The van der Waals surface area contributed by atoms with Crippen LogP contribution < -0.4 is 0 Å².